The Kier molecular flexibility index (Phi) is 4.19. The zero-order chi connectivity index (χ0) is 17.1. The number of nitrogens with zero attached hydrogens (tertiary/aromatic N) is 3. The third-order valence-electron chi connectivity index (χ3n) is 4.57. The van der Waals surface area contributed by atoms with Crippen molar-refractivity contribution in [2.24, 2.45) is 0 Å². The summed E-state index contributed by atoms with van der Waals surface area (Å²) < 4.78 is 16.5. The molecular weight excluding hydrogens is 318 g/mol. The quantitative estimate of drug-likeness (QED) is 0.677. The Hall–Kier alpha value is -2.73. The van der Waals surface area contributed by atoms with E-state index in [2.05, 4.69) is 15.1 Å². The van der Waals surface area contributed by atoms with Crippen LogP contribution in [0.2, 0.25) is 0 Å². The summed E-state index contributed by atoms with van der Waals surface area (Å²) in [6.45, 7) is 0.608. The first kappa shape index (κ1) is 15.8. The number of ether oxygens (including phenoxy) is 2. The number of benzene rings is 1. The van der Waals surface area contributed by atoms with Crippen molar-refractivity contribution in [3.05, 3.63) is 54.6 Å². The second-order valence-electron chi connectivity index (χ2n) is 6.29. The van der Waals surface area contributed by atoms with Crippen molar-refractivity contribution in [1.29, 1.82) is 0 Å². The first-order valence-electron chi connectivity index (χ1n) is 8.32. The van der Waals surface area contributed by atoms with Crippen LogP contribution in [-0.2, 0) is 10.2 Å². The highest BCUT2D eigenvalue weighted by atomic mass is 16.5. The van der Waals surface area contributed by atoms with Gasteiger partial charge in [-0.3, -0.25) is 0 Å². The van der Waals surface area contributed by atoms with Gasteiger partial charge in [-0.2, -0.15) is 4.98 Å². The molecule has 1 aliphatic carbocycles. The molecule has 0 amide bonds. The van der Waals surface area contributed by atoms with Gasteiger partial charge in [0.2, 0.25) is 17.6 Å². The van der Waals surface area contributed by atoms with Crippen molar-refractivity contribution in [2.75, 3.05) is 13.7 Å². The van der Waals surface area contributed by atoms with Crippen LogP contribution in [-0.4, -0.2) is 28.8 Å². The summed E-state index contributed by atoms with van der Waals surface area (Å²) in [4.78, 5) is 8.89. The minimum Gasteiger partial charge on any atom is -0.439 e. The number of hydrogen-bond acceptors (Lipinski definition) is 6. The summed E-state index contributed by atoms with van der Waals surface area (Å²) in [6, 6.07) is 13.2. The molecule has 2 heterocycles. The second kappa shape index (κ2) is 6.64. The molecule has 6 nitrogen and oxygen atoms in total. The van der Waals surface area contributed by atoms with Gasteiger partial charge in [0, 0.05) is 24.9 Å². The van der Waals surface area contributed by atoms with E-state index in [1.165, 1.54) is 0 Å². The Balaban J connectivity index is 1.51. The van der Waals surface area contributed by atoms with Crippen molar-refractivity contribution in [3.8, 4) is 23.0 Å². The Bertz CT molecular complexity index is 827. The zero-order valence-corrected chi connectivity index (χ0v) is 14.0. The van der Waals surface area contributed by atoms with Gasteiger partial charge in [0.25, 0.3) is 0 Å². The van der Waals surface area contributed by atoms with Crippen molar-refractivity contribution in [2.45, 2.75) is 24.7 Å². The molecule has 1 saturated carbocycles. The van der Waals surface area contributed by atoms with Crippen LogP contribution >= 0.6 is 0 Å². The van der Waals surface area contributed by atoms with E-state index in [0.29, 0.717) is 24.2 Å². The van der Waals surface area contributed by atoms with Gasteiger partial charge in [-0.15, -0.1) is 0 Å². The highest BCUT2D eigenvalue weighted by molar-refractivity contribution is 5.53. The highest BCUT2D eigenvalue weighted by Crippen LogP contribution is 2.43. The van der Waals surface area contributed by atoms with Crippen molar-refractivity contribution in [3.63, 3.8) is 0 Å². The fraction of sp³-hybridized carbons (Fsp3) is 0.316. The van der Waals surface area contributed by atoms with Gasteiger partial charge < -0.3 is 14.0 Å². The molecule has 4 rings (SSSR count). The molecule has 1 fully saturated rings. The predicted molar refractivity (Wildman–Crippen MR) is 91.5 cm³/mol. The summed E-state index contributed by atoms with van der Waals surface area (Å²) in [6.07, 6.45) is 4.89. The predicted octanol–water partition coefficient (Wildman–Crippen LogP) is 3.99. The fourth-order valence-corrected chi connectivity index (χ4v) is 3.04. The summed E-state index contributed by atoms with van der Waals surface area (Å²) in [5.74, 6) is 2.46. The Morgan fingerprint density at radius 2 is 1.96 bits per heavy atom. The van der Waals surface area contributed by atoms with Crippen LogP contribution in [0.1, 0.15) is 25.2 Å². The molecule has 1 aromatic carbocycles. The Morgan fingerprint density at radius 3 is 2.60 bits per heavy atom. The maximum atomic E-state index is 5.70. The lowest BCUT2D eigenvalue weighted by Crippen LogP contribution is -2.39. The maximum Gasteiger partial charge on any atom is 0.235 e. The van der Waals surface area contributed by atoms with E-state index in [-0.39, 0.29) is 5.41 Å². The largest absolute Gasteiger partial charge is 0.439 e. The molecule has 0 N–H and O–H groups in total. The normalized spacial score (nSPS) is 15.6. The number of aromatic nitrogens is 3. The minimum absolute atomic E-state index is 0.121. The third-order valence-corrected chi connectivity index (χ3v) is 4.57. The lowest BCUT2D eigenvalue weighted by atomic mass is 9.69. The smallest absolute Gasteiger partial charge is 0.235 e. The number of para-hydroxylation sites is 1. The molecule has 6 heteroatoms. The number of pyridine rings is 1. The maximum absolute atomic E-state index is 5.70. The average molecular weight is 337 g/mol. The molecule has 0 atom stereocenters. The summed E-state index contributed by atoms with van der Waals surface area (Å²) in [5.41, 5.74) is 0.673. The van der Waals surface area contributed by atoms with Gasteiger partial charge >= 0.3 is 0 Å². The second-order valence-corrected chi connectivity index (χ2v) is 6.29. The van der Waals surface area contributed by atoms with Crippen LogP contribution in [0.3, 0.4) is 0 Å². The average Bonchev–Trinajstić information content (AvgIpc) is 3.10. The molecule has 0 aliphatic heterocycles. The number of methoxy groups -OCH3 is 1. The highest BCUT2D eigenvalue weighted by Gasteiger charge is 2.44. The lowest BCUT2D eigenvalue weighted by Gasteiger charge is -2.37. The molecule has 128 valence electrons. The monoisotopic (exact) mass is 337 g/mol. The van der Waals surface area contributed by atoms with Gasteiger partial charge in [0.05, 0.1) is 12.0 Å². The molecule has 25 heavy (non-hydrogen) atoms. The zero-order valence-electron chi connectivity index (χ0n) is 14.0. The van der Waals surface area contributed by atoms with Crippen molar-refractivity contribution >= 4 is 0 Å². The van der Waals surface area contributed by atoms with Gasteiger partial charge in [0.15, 0.2) is 0 Å². The minimum atomic E-state index is -0.121. The first-order chi connectivity index (χ1) is 12.3. The van der Waals surface area contributed by atoms with E-state index in [1.807, 2.05) is 36.4 Å². The van der Waals surface area contributed by atoms with Gasteiger partial charge in [0.1, 0.15) is 5.75 Å². The molecule has 1 aliphatic rings. The molecule has 2 aromatic heterocycles. The van der Waals surface area contributed by atoms with Crippen LogP contribution in [0, 0.1) is 0 Å². The number of hydrogen-bond donors (Lipinski definition) is 0. The topological polar surface area (TPSA) is 70.3 Å². The van der Waals surface area contributed by atoms with E-state index in [1.54, 1.807) is 19.4 Å². The molecule has 3 aromatic rings. The van der Waals surface area contributed by atoms with Gasteiger partial charge in [-0.05, 0) is 31.0 Å². The summed E-state index contributed by atoms with van der Waals surface area (Å²) >= 11 is 0. The summed E-state index contributed by atoms with van der Waals surface area (Å²) in [7, 11) is 1.70. The van der Waals surface area contributed by atoms with E-state index in [9.17, 15) is 0 Å². The van der Waals surface area contributed by atoms with E-state index in [4.69, 9.17) is 14.0 Å². The van der Waals surface area contributed by atoms with Crippen LogP contribution in [0.4, 0.5) is 0 Å². The van der Waals surface area contributed by atoms with Crippen LogP contribution in [0.25, 0.3) is 11.4 Å². The Labute approximate surface area is 145 Å². The SMILES string of the molecule is COCC1(c2nc(-c3ccc(Oc4ccccc4)nc3)no2)CCC1. The number of rotatable bonds is 6. The third kappa shape index (κ3) is 3.13. The van der Waals surface area contributed by atoms with Crippen LogP contribution < -0.4 is 4.74 Å². The molecule has 0 saturated heterocycles. The molecular formula is C19H19N3O3. The van der Waals surface area contributed by atoms with Crippen molar-refractivity contribution in [1.82, 2.24) is 15.1 Å². The summed E-state index contributed by atoms with van der Waals surface area (Å²) in [5, 5.41) is 4.11. The lowest BCUT2D eigenvalue weighted by molar-refractivity contribution is 0.0552. The van der Waals surface area contributed by atoms with Crippen LogP contribution in [0.5, 0.6) is 11.6 Å². The first-order valence-corrected chi connectivity index (χ1v) is 8.32. The standard InChI is InChI=1S/C19H19N3O3/c1-23-13-19(10-5-11-19)18-21-17(22-25-18)14-8-9-16(20-12-14)24-15-6-3-2-4-7-15/h2-4,6-9,12H,5,10-11,13H2,1H3. The van der Waals surface area contributed by atoms with Crippen molar-refractivity contribution < 1.29 is 14.0 Å². The van der Waals surface area contributed by atoms with E-state index in [0.717, 1.165) is 30.6 Å². The molecule has 0 spiro atoms. The van der Waals surface area contributed by atoms with E-state index < -0.39 is 0 Å². The van der Waals surface area contributed by atoms with Crippen LogP contribution in [0.15, 0.2) is 53.2 Å². The van der Waals surface area contributed by atoms with E-state index >= 15 is 0 Å². The van der Waals surface area contributed by atoms with Gasteiger partial charge in [-0.25, -0.2) is 4.98 Å². The molecule has 0 radical (unpaired) electrons. The Morgan fingerprint density at radius 1 is 1.12 bits per heavy atom. The molecule has 0 bridgehead atoms. The fourth-order valence-electron chi connectivity index (χ4n) is 3.04. The molecule has 0 unspecified atom stereocenters. The van der Waals surface area contributed by atoms with Gasteiger partial charge in [-0.1, -0.05) is 29.8 Å².